The van der Waals surface area contributed by atoms with E-state index in [2.05, 4.69) is 0 Å². The summed E-state index contributed by atoms with van der Waals surface area (Å²) in [6.45, 7) is 3.71. The molecule has 1 aromatic carbocycles. The van der Waals surface area contributed by atoms with Crippen molar-refractivity contribution in [2.45, 2.75) is 64.0 Å². The van der Waals surface area contributed by atoms with E-state index in [0.29, 0.717) is 38.6 Å². The molecule has 0 saturated carbocycles. The van der Waals surface area contributed by atoms with Crippen LogP contribution in [0.5, 0.6) is 0 Å². The van der Waals surface area contributed by atoms with E-state index in [1.54, 1.807) is 6.92 Å². The van der Waals surface area contributed by atoms with Gasteiger partial charge in [0.15, 0.2) is 0 Å². The topological polar surface area (TPSA) is 110 Å². The molecule has 3 N–H and O–H groups in total. The summed E-state index contributed by atoms with van der Waals surface area (Å²) in [5.74, 6) is -2.89. The molecule has 7 nitrogen and oxygen atoms in total. The fraction of sp³-hybridized carbons (Fsp3) is 0.591. The van der Waals surface area contributed by atoms with Crippen LogP contribution in [0.3, 0.4) is 0 Å². The highest BCUT2D eigenvalue weighted by Crippen LogP contribution is 2.32. The molecule has 7 heteroatoms. The number of hydrogen-bond donors (Lipinski definition) is 2. The van der Waals surface area contributed by atoms with Crippen molar-refractivity contribution in [1.29, 1.82) is 0 Å². The molecule has 0 radical (unpaired) electrons. The third kappa shape index (κ3) is 5.56. The van der Waals surface area contributed by atoms with E-state index in [-0.39, 0.29) is 6.61 Å². The van der Waals surface area contributed by atoms with Crippen molar-refractivity contribution < 1.29 is 24.2 Å². The standard InChI is InChI=1S/C22H32N2O5/c1-3-29-20(27)18(13-12-17-10-6-4-7-11-17)22(23)14-8-5-9-15-24(21(22)28)16(2)19(25)26/h4,6-7,10-11,16,18H,3,5,8-9,12-15,23H2,1-2H3,(H,25,26). The maximum Gasteiger partial charge on any atom is 0.326 e. The molecule has 0 aliphatic carbocycles. The van der Waals surface area contributed by atoms with Crippen LogP contribution in [-0.2, 0) is 25.5 Å². The van der Waals surface area contributed by atoms with Gasteiger partial charge in [-0.15, -0.1) is 0 Å². The van der Waals surface area contributed by atoms with E-state index in [9.17, 15) is 19.5 Å². The molecule has 1 amide bonds. The molecule has 1 aliphatic rings. The Labute approximate surface area is 172 Å². The number of amides is 1. The molecule has 0 spiro atoms. The number of ether oxygens (including phenoxy) is 1. The number of hydrogen-bond acceptors (Lipinski definition) is 5. The zero-order valence-electron chi connectivity index (χ0n) is 17.3. The summed E-state index contributed by atoms with van der Waals surface area (Å²) in [5, 5.41) is 9.44. The van der Waals surface area contributed by atoms with Crippen LogP contribution in [0.2, 0.25) is 0 Å². The van der Waals surface area contributed by atoms with Crippen molar-refractivity contribution >= 4 is 17.8 Å². The van der Waals surface area contributed by atoms with Gasteiger partial charge in [0.25, 0.3) is 0 Å². The van der Waals surface area contributed by atoms with Crippen LogP contribution in [0.4, 0.5) is 0 Å². The molecule has 160 valence electrons. The second-order valence-corrected chi connectivity index (χ2v) is 7.69. The van der Waals surface area contributed by atoms with E-state index in [1.165, 1.54) is 11.8 Å². The Morgan fingerprint density at radius 2 is 1.93 bits per heavy atom. The maximum absolute atomic E-state index is 13.5. The highest BCUT2D eigenvalue weighted by Gasteiger charge is 2.49. The fourth-order valence-corrected chi connectivity index (χ4v) is 3.96. The number of esters is 1. The number of carboxylic acids is 1. The van der Waals surface area contributed by atoms with Crippen molar-refractivity contribution in [3.05, 3.63) is 35.9 Å². The summed E-state index contributed by atoms with van der Waals surface area (Å²) in [6, 6.07) is 8.68. The lowest BCUT2D eigenvalue weighted by atomic mass is 9.75. The number of benzene rings is 1. The van der Waals surface area contributed by atoms with Crippen LogP contribution < -0.4 is 5.73 Å². The summed E-state index contributed by atoms with van der Waals surface area (Å²) in [6.07, 6.45) is 3.51. The van der Waals surface area contributed by atoms with Crippen molar-refractivity contribution in [3.63, 3.8) is 0 Å². The van der Waals surface area contributed by atoms with Gasteiger partial charge in [0.1, 0.15) is 11.6 Å². The molecule has 2 rings (SSSR count). The normalized spacial score (nSPS) is 22.3. The fourth-order valence-electron chi connectivity index (χ4n) is 3.96. The Bertz CT molecular complexity index is 708. The summed E-state index contributed by atoms with van der Waals surface area (Å²) in [7, 11) is 0. The lowest BCUT2D eigenvalue weighted by Crippen LogP contribution is -2.64. The van der Waals surface area contributed by atoms with E-state index in [4.69, 9.17) is 10.5 Å². The molecule has 1 saturated heterocycles. The molecule has 1 fully saturated rings. The number of carbonyl (C=O) groups excluding carboxylic acids is 2. The number of carboxylic acid groups (broad SMARTS) is 1. The van der Waals surface area contributed by atoms with Gasteiger partial charge in [0, 0.05) is 6.54 Å². The van der Waals surface area contributed by atoms with Crippen LogP contribution in [0.15, 0.2) is 30.3 Å². The molecule has 29 heavy (non-hydrogen) atoms. The van der Waals surface area contributed by atoms with E-state index < -0.39 is 35.3 Å². The van der Waals surface area contributed by atoms with Crippen LogP contribution in [0.25, 0.3) is 0 Å². The van der Waals surface area contributed by atoms with E-state index in [1.807, 2.05) is 30.3 Å². The first-order valence-electron chi connectivity index (χ1n) is 10.3. The second kappa shape index (κ2) is 10.4. The maximum atomic E-state index is 13.5. The van der Waals surface area contributed by atoms with Gasteiger partial charge in [-0.3, -0.25) is 9.59 Å². The average Bonchev–Trinajstić information content (AvgIpc) is 2.69. The Balaban J connectivity index is 2.35. The Morgan fingerprint density at radius 1 is 1.24 bits per heavy atom. The summed E-state index contributed by atoms with van der Waals surface area (Å²) >= 11 is 0. The zero-order chi connectivity index (χ0) is 21.4. The van der Waals surface area contributed by atoms with E-state index >= 15 is 0 Å². The van der Waals surface area contributed by atoms with Gasteiger partial charge in [0.2, 0.25) is 5.91 Å². The predicted octanol–water partition coefficient (Wildman–Crippen LogP) is 2.37. The predicted molar refractivity (Wildman–Crippen MR) is 109 cm³/mol. The largest absolute Gasteiger partial charge is 0.480 e. The summed E-state index contributed by atoms with van der Waals surface area (Å²) in [4.78, 5) is 39.2. The quantitative estimate of drug-likeness (QED) is 0.644. The lowest BCUT2D eigenvalue weighted by molar-refractivity contribution is -0.160. The molecule has 0 aromatic heterocycles. The van der Waals surface area contributed by atoms with Gasteiger partial charge in [-0.2, -0.15) is 0 Å². The van der Waals surface area contributed by atoms with E-state index in [0.717, 1.165) is 12.0 Å². The molecular weight excluding hydrogens is 372 g/mol. The Hall–Kier alpha value is -2.41. The first-order chi connectivity index (χ1) is 13.8. The number of likely N-dealkylation sites (tertiary alicyclic amines) is 1. The van der Waals surface area contributed by atoms with Gasteiger partial charge < -0.3 is 20.5 Å². The lowest BCUT2D eigenvalue weighted by Gasteiger charge is -2.41. The Kier molecular flexibility index (Phi) is 8.20. The highest BCUT2D eigenvalue weighted by atomic mass is 16.5. The number of rotatable bonds is 8. The number of carbonyl (C=O) groups is 3. The number of aryl methyl sites for hydroxylation is 1. The number of nitrogens with zero attached hydrogens (tertiary/aromatic N) is 1. The average molecular weight is 405 g/mol. The SMILES string of the molecule is CCOC(=O)C(CCc1ccccc1)C1(N)CCCCCN(C(C)C(=O)O)C1=O. The van der Waals surface area contributed by atoms with Gasteiger partial charge >= 0.3 is 11.9 Å². The third-order valence-corrected chi connectivity index (χ3v) is 5.73. The zero-order valence-corrected chi connectivity index (χ0v) is 17.3. The minimum atomic E-state index is -1.48. The van der Waals surface area contributed by atoms with Crippen LogP contribution in [0.1, 0.15) is 51.5 Å². The highest BCUT2D eigenvalue weighted by molar-refractivity contribution is 5.94. The molecule has 0 bridgehead atoms. The number of nitrogens with two attached hydrogens (primary N) is 1. The molecule has 1 aromatic rings. The summed E-state index contributed by atoms with van der Waals surface area (Å²) < 4.78 is 5.27. The van der Waals surface area contributed by atoms with Gasteiger partial charge in [-0.25, -0.2) is 4.79 Å². The van der Waals surface area contributed by atoms with Crippen molar-refractivity contribution in [2.75, 3.05) is 13.2 Å². The van der Waals surface area contributed by atoms with Gasteiger partial charge in [-0.05, 0) is 45.1 Å². The minimum absolute atomic E-state index is 0.195. The Morgan fingerprint density at radius 3 is 2.55 bits per heavy atom. The molecule has 3 unspecified atom stereocenters. The summed E-state index contributed by atoms with van der Waals surface area (Å²) in [5.41, 5.74) is 6.22. The van der Waals surface area contributed by atoms with Crippen LogP contribution in [0, 0.1) is 5.92 Å². The first kappa shape index (κ1) is 22.9. The molecule has 1 heterocycles. The first-order valence-corrected chi connectivity index (χ1v) is 10.3. The van der Waals surface area contributed by atoms with Gasteiger partial charge in [0.05, 0.1) is 12.5 Å². The monoisotopic (exact) mass is 404 g/mol. The third-order valence-electron chi connectivity index (χ3n) is 5.73. The molecule has 3 atom stereocenters. The smallest absolute Gasteiger partial charge is 0.326 e. The minimum Gasteiger partial charge on any atom is -0.480 e. The number of aliphatic carboxylic acids is 1. The second-order valence-electron chi connectivity index (χ2n) is 7.69. The van der Waals surface area contributed by atoms with Crippen LogP contribution >= 0.6 is 0 Å². The van der Waals surface area contributed by atoms with Gasteiger partial charge in [-0.1, -0.05) is 43.2 Å². The molecular formula is C22H32N2O5. The molecule has 1 aliphatic heterocycles. The van der Waals surface area contributed by atoms with Crippen molar-refractivity contribution in [1.82, 2.24) is 4.90 Å². The van der Waals surface area contributed by atoms with Crippen molar-refractivity contribution in [3.8, 4) is 0 Å². The van der Waals surface area contributed by atoms with Crippen molar-refractivity contribution in [2.24, 2.45) is 11.7 Å². The van der Waals surface area contributed by atoms with Crippen LogP contribution in [-0.4, -0.2) is 52.6 Å².